The molecule has 2 aromatic carbocycles. The number of hydrogen-bond acceptors (Lipinski definition) is 6. The molecule has 2 aliphatic heterocycles. The molecule has 1 saturated heterocycles. The lowest BCUT2D eigenvalue weighted by Gasteiger charge is -2.26. The Hall–Kier alpha value is -2.91. The highest BCUT2D eigenvalue weighted by atomic mass is 32.2. The fourth-order valence-electron chi connectivity index (χ4n) is 4.11. The van der Waals surface area contributed by atoms with Crippen molar-refractivity contribution in [3.8, 4) is 11.5 Å². The summed E-state index contributed by atoms with van der Waals surface area (Å²) in [5.41, 5.74) is -0.455. The highest BCUT2D eigenvalue weighted by Crippen LogP contribution is 2.40. The van der Waals surface area contributed by atoms with E-state index in [2.05, 4.69) is 5.32 Å². The van der Waals surface area contributed by atoms with Gasteiger partial charge in [0.05, 0.1) is 36.1 Å². The lowest BCUT2D eigenvalue weighted by molar-refractivity contribution is 0.0796. The molecule has 0 bridgehead atoms. The zero-order valence-corrected chi connectivity index (χ0v) is 17.7. The van der Waals surface area contributed by atoms with E-state index in [1.54, 1.807) is 31.2 Å². The van der Waals surface area contributed by atoms with Crippen molar-refractivity contribution < 1.29 is 27.5 Å². The largest absolute Gasteiger partial charge is 0.493 e. The maximum absolute atomic E-state index is 13.3. The Bertz CT molecular complexity index is 1150. The summed E-state index contributed by atoms with van der Waals surface area (Å²) in [6, 6.07) is 10.3. The summed E-state index contributed by atoms with van der Waals surface area (Å²) < 4.78 is 38.3. The van der Waals surface area contributed by atoms with Crippen LogP contribution in [0.1, 0.15) is 27.6 Å². The van der Waals surface area contributed by atoms with E-state index >= 15 is 0 Å². The molecule has 0 aromatic heterocycles. The highest BCUT2D eigenvalue weighted by molar-refractivity contribution is 7.89. The number of nitrogens with zero attached hydrogens (tertiary/aromatic N) is 1. The zero-order chi connectivity index (χ0) is 21.7. The second-order valence-electron chi connectivity index (χ2n) is 7.63. The number of methoxy groups -OCH3 is 2. The van der Waals surface area contributed by atoms with Gasteiger partial charge in [-0.25, -0.2) is 8.42 Å². The molecule has 2 aromatic rings. The average molecular weight is 430 g/mol. The Kier molecular flexibility index (Phi) is 4.82. The predicted molar refractivity (Wildman–Crippen MR) is 108 cm³/mol. The monoisotopic (exact) mass is 430 g/mol. The molecule has 158 valence electrons. The van der Waals surface area contributed by atoms with Crippen LogP contribution in [0.2, 0.25) is 0 Å². The van der Waals surface area contributed by atoms with Gasteiger partial charge in [0, 0.05) is 24.7 Å². The Morgan fingerprint density at radius 3 is 2.37 bits per heavy atom. The minimum Gasteiger partial charge on any atom is -0.493 e. The van der Waals surface area contributed by atoms with E-state index in [4.69, 9.17) is 9.47 Å². The van der Waals surface area contributed by atoms with Crippen molar-refractivity contribution in [2.75, 3.05) is 27.3 Å². The van der Waals surface area contributed by atoms with Crippen LogP contribution in [0.5, 0.6) is 11.5 Å². The number of hydrogen-bond donors (Lipinski definition) is 1. The molecule has 2 atom stereocenters. The van der Waals surface area contributed by atoms with E-state index in [1.807, 2.05) is 0 Å². The average Bonchev–Trinajstić information content (AvgIpc) is 3.07. The van der Waals surface area contributed by atoms with E-state index in [0.717, 1.165) is 0 Å². The number of benzene rings is 2. The predicted octanol–water partition coefficient (Wildman–Crippen LogP) is 1.71. The molecule has 4 rings (SSSR count). The Morgan fingerprint density at radius 1 is 1.03 bits per heavy atom. The molecule has 0 spiro atoms. The van der Waals surface area contributed by atoms with Crippen LogP contribution in [0.3, 0.4) is 0 Å². The fraction of sp³-hybridized carbons (Fsp3) is 0.333. The van der Waals surface area contributed by atoms with E-state index in [1.165, 1.54) is 36.7 Å². The number of carbonyl (C=O) groups is 2. The second kappa shape index (κ2) is 7.10. The van der Waals surface area contributed by atoms with Gasteiger partial charge in [0.15, 0.2) is 17.3 Å². The minimum absolute atomic E-state index is 0.00134. The molecule has 8 nitrogen and oxygen atoms in total. The van der Waals surface area contributed by atoms with Gasteiger partial charge < -0.3 is 14.8 Å². The molecule has 2 aliphatic rings. The number of Topliss-reactive ketones (excluding diaryl/α,β-unsaturated/α-hetero) is 1. The molecule has 0 unspecified atom stereocenters. The van der Waals surface area contributed by atoms with E-state index in [-0.39, 0.29) is 35.4 Å². The van der Waals surface area contributed by atoms with Crippen molar-refractivity contribution in [2.45, 2.75) is 17.9 Å². The topological polar surface area (TPSA) is 102 Å². The second-order valence-corrected chi connectivity index (χ2v) is 9.57. The number of ketones is 1. The first kappa shape index (κ1) is 20.4. The molecule has 9 heteroatoms. The molecule has 1 amide bonds. The van der Waals surface area contributed by atoms with Crippen molar-refractivity contribution in [2.24, 2.45) is 5.41 Å². The molecule has 0 saturated carbocycles. The third kappa shape index (κ3) is 2.96. The smallest absolute Gasteiger partial charge is 0.252 e. The number of fused-ring (bicyclic) bond motifs is 2. The molecular weight excluding hydrogens is 408 g/mol. The maximum Gasteiger partial charge on any atom is 0.252 e. The van der Waals surface area contributed by atoms with Crippen LogP contribution in [0.25, 0.3) is 0 Å². The van der Waals surface area contributed by atoms with Gasteiger partial charge in [0.2, 0.25) is 10.0 Å². The van der Waals surface area contributed by atoms with E-state index in [9.17, 15) is 18.0 Å². The quantitative estimate of drug-likeness (QED) is 0.792. The summed E-state index contributed by atoms with van der Waals surface area (Å²) in [7, 11) is -1.04. The first-order valence-electron chi connectivity index (χ1n) is 9.39. The first-order valence-corrected chi connectivity index (χ1v) is 10.8. The lowest BCUT2D eigenvalue weighted by atomic mass is 9.78. The lowest BCUT2D eigenvalue weighted by Crippen LogP contribution is -2.47. The summed E-state index contributed by atoms with van der Waals surface area (Å²) in [4.78, 5) is 26.0. The van der Waals surface area contributed by atoms with E-state index < -0.39 is 21.5 Å². The van der Waals surface area contributed by atoms with Crippen LogP contribution in [-0.4, -0.2) is 57.8 Å². The van der Waals surface area contributed by atoms with Crippen molar-refractivity contribution in [1.82, 2.24) is 9.62 Å². The summed E-state index contributed by atoms with van der Waals surface area (Å²) in [6.45, 7) is 1.66. The highest BCUT2D eigenvalue weighted by Gasteiger charge is 2.54. The first-order chi connectivity index (χ1) is 14.2. The Balaban J connectivity index is 1.72. The van der Waals surface area contributed by atoms with E-state index in [0.29, 0.717) is 16.9 Å². The molecule has 30 heavy (non-hydrogen) atoms. The normalized spacial score (nSPS) is 23.9. The number of rotatable bonds is 4. The van der Waals surface area contributed by atoms with Crippen LogP contribution in [0.4, 0.5) is 0 Å². The summed E-state index contributed by atoms with van der Waals surface area (Å²) in [5, 5.41) is 2.85. The van der Waals surface area contributed by atoms with Gasteiger partial charge in [0.25, 0.3) is 5.91 Å². The molecule has 2 heterocycles. The summed E-state index contributed by atoms with van der Waals surface area (Å²) >= 11 is 0. The third-order valence-electron chi connectivity index (χ3n) is 5.89. The summed E-state index contributed by atoms with van der Waals surface area (Å²) in [5.74, 6) is 0.0787. The number of nitrogens with one attached hydrogen (secondary N) is 1. The Morgan fingerprint density at radius 2 is 1.70 bits per heavy atom. The van der Waals surface area contributed by atoms with Crippen LogP contribution < -0.4 is 14.8 Å². The van der Waals surface area contributed by atoms with Crippen LogP contribution in [0, 0.1) is 5.41 Å². The maximum atomic E-state index is 13.3. The van der Waals surface area contributed by atoms with Crippen LogP contribution in [0.15, 0.2) is 47.4 Å². The zero-order valence-electron chi connectivity index (χ0n) is 16.8. The molecule has 0 radical (unpaired) electrons. The SMILES string of the molecule is COc1ccc(S(=O)(=O)N2C[C@H]3NC(=O)c4ccccc4C(=O)[C@@]3(C)C2)cc1OC. The molecule has 1 N–H and O–H groups in total. The van der Waals surface area contributed by atoms with Crippen molar-refractivity contribution >= 4 is 21.7 Å². The summed E-state index contributed by atoms with van der Waals surface area (Å²) in [6.07, 6.45) is 0. The molecular formula is C21H22N2O6S. The number of amides is 1. The number of carbonyl (C=O) groups excluding carboxylic acids is 2. The molecule has 0 aliphatic carbocycles. The van der Waals surface area contributed by atoms with Crippen LogP contribution in [-0.2, 0) is 10.0 Å². The number of ether oxygens (including phenoxy) is 2. The van der Waals surface area contributed by atoms with Gasteiger partial charge >= 0.3 is 0 Å². The standard InChI is InChI=1S/C21H22N2O6S/c1-21-12-23(30(26,27)13-8-9-16(28-2)17(10-13)29-3)11-18(21)22-20(25)15-7-5-4-6-14(15)19(21)24/h4-10,18H,11-12H2,1-3H3,(H,22,25)/t18-,21+/m1/s1. The third-order valence-corrected chi connectivity index (χ3v) is 7.70. The van der Waals surface area contributed by atoms with Gasteiger partial charge in [-0.15, -0.1) is 0 Å². The number of sulfonamides is 1. The minimum atomic E-state index is -3.93. The van der Waals surface area contributed by atoms with Crippen LogP contribution >= 0.6 is 0 Å². The van der Waals surface area contributed by atoms with Crippen molar-refractivity contribution in [1.29, 1.82) is 0 Å². The van der Waals surface area contributed by atoms with Gasteiger partial charge in [-0.1, -0.05) is 18.2 Å². The van der Waals surface area contributed by atoms with Gasteiger partial charge in [-0.05, 0) is 25.1 Å². The van der Waals surface area contributed by atoms with Crippen molar-refractivity contribution in [3.05, 3.63) is 53.6 Å². The van der Waals surface area contributed by atoms with Gasteiger partial charge in [-0.3, -0.25) is 9.59 Å². The fourth-order valence-corrected chi connectivity index (χ4v) is 5.69. The Labute approximate surface area is 174 Å². The van der Waals surface area contributed by atoms with Gasteiger partial charge in [0.1, 0.15) is 0 Å². The molecule has 1 fully saturated rings. The van der Waals surface area contributed by atoms with Gasteiger partial charge in [-0.2, -0.15) is 4.31 Å². The van der Waals surface area contributed by atoms with Crippen molar-refractivity contribution in [3.63, 3.8) is 0 Å².